The van der Waals surface area contributed by atoms with Crippen LogP contribution in [0.15, 0.2) is 41.7 Å². The number of aryl methyl sites for hydroxylation is 3. The van der Waals surface area contributed by atoms with Gasteiger partial charge in [-0.15, -0.1) is 0 Å². The summed E-state index contributed by atoms with van der Waals surface area (Å²) in [6.45, 7) is 5.50. The van der Waals surface area contributed by atoms with Crippen molar-refractivity contribution in [3.63, 3.8) is 0 Å². The summed E-state index contributed by atoms with van der Waals surface area (Å²) in [5.74, 6) is -0.414. The van der Waals surface area contributed by atoms with Crippen LogP contribution in [0.2, 0.25) is 0 Å². The molecule has 0 amide bonds. The number of rotatable bonds is 4. The van der Waals surface area contributed by atoms with Crippen LogP contribution in [0.4, 0.5) is 13.2 Å². The summed E-state index contributed by atoms with van der Waals surface area (Å²) in [5, 5.41) is 4.31. The maximum atomic E-state index is 13.5. The minimum Gasteiger partial charge on any atom is -0.465 e. The molecule has 1 aromatic carbocycles. The van der Waals surface area contributed by atoms with Crippen molar-refractivity contribution in [2.24, 2.45) is 14.1 Å². The van der Waals surface area contributed by atoms with E-state index in [4.69, 9.17) is 4.74 Å². The second kappa shape index (κ2) is 8.01. The minimum absolute atomic E-state index is 0.0384. The highest BCUT2D eigenvalue weighted by Crippen LogP contribution is 2.38. The van der Waals surface area contributed by atoms with Gasteiger partial charge in [-0.3, -0.25) is 0 Å². The van der Waals surface area contributed by atoms with E-state index in [1.165, 1.54) is 19.9 Å². The highest BCUT2D eigenvalue weighted by atomic mass is 19.4. The molecule has 11 heteroatoms. The molecular weight excluding hydrogens is 451 g/mol. The Bertz CT molecular complexity index is 1510. The summed E-state index contributed by atoms with van der Waals surface area (Å²) >= 11 is 0. The number of carbonyl (C=O) groups excluding carboxylic acids is 1. The van der Waals surface area contributed by atoms with Gasteiger partial charge in [0.15, 0.2) is 0 Å². The SMILES string of the molecule is C=Cc1c(-c2ccc(-n3c(C)nn(C)c3=O)cc2)n(C)c2nc(C(F)(F)F)cc(C(=O)OC)c12. The number of carbonyl (C=O) groups is 1. The lowest BCUT2D eigenvalue weighted by atomic mass is 10.0. The third kappa shape index (κ3) is 3.49. The summed E-state index contributed by atoms with van der Waals surface area (Å²) in [5.41, 5.74) is 0.321. The van der Waals surface area contributed by atoms with Crippen LogP contribution in [-0.4, -0.2) is 37.0 Å². The van der Waals surface area contributed by atoms with Gasteiger partial charge in [0.1, 0.15) is 17.2 Å². The molecule has 4 rings (SSSR count). The first-order chi connectivity index (χ1) is 16.0. The molecule has 4 aromatic rings. The van der Waals surface area contributed by atoms with Crippen molar-refractivity contribution in [2.45, 2.75) is 13.1 Å². The van der Waals surface area contributed by atoms with Gasteiger partial charge in [-0.1, -0.05) is 24.8 Å². The number of methoxy groups -OCH3 is 1. The van der Waals surface area contributed by atoms with E-state index in [9.17, 15) is 22.8 Å². The first-order valence-electron chi connectivity index (χ1n) is 10.0. The summed E-state index contributed by atoms with van der Waals surface area (Å²) in [7, 11) is 4.20. The average molecular weight is 471 g/mol. The fourth-order valence-corrected chi connectivity index (χ4v) is 4.06. The van der Waals surface area contributed by atoms with Crippen LogP contribution < -0.4 is 5.69 Å². The third-order valence-electron chi connectivity index (χ3n) is 5.56. The lowest BCUT2D eigenvalue weighted by Crippen LogP contribution is -2.21. The van der Waals surface area contributed by atoms with E-state index in [0.717, 1.165) is 7.11 Å². The van der Waals surface area contributed by atoms with Gasteiger partial charge in [0.25, 0.3) is 0 Å². The maximum absolute atomic E-state index is 13.5. The van der Waals surface area contributed by atoms with Gasteiger partial charge >= 0.3 is 17.8 Å². The zero-order chi connectivity index (χ0) is 24.9. The number of ether oxygens (including phenoxy) is 1. The molecule has 0 radical (unpaired) electrons. The Morgan fingerprint density at radius 1 is 1.18 bits per heavy atom. The molecule has 0 saturated heterocycles. The van der Waals surface area contributed by atoms with Gasteiger partial charge < -0.3 is 9.30 Å². The molecule has 0 fully saturated rings. The molecule has 0 saturated carbocycles. The molecule has 3 aromatic heterocycles. The first-order valence-corrected chi connectivity index (χ1v) is 10.0. The van der Waals surface area contributed by atoms with Crippen molar-refractivity contribution in [1.29, 1.82) is 0 Å². The number of alkyl halides is 3. The van der Waals surface area contributed by atoms with E-state index in [2.05, 4.69) is 16.7 Å². The standard InChI is InChI=1S/C23H20F3N5O3/c1-6-15-18-16(21(32)34-5)11-17(23(24,25)26)27-20(18)29(3)19(15)13-7-9-14(10-8-13)31-12(2)28-30(4)22(31)33/h6-11H,1H2,2-5H3. The maximum Gasteiger partial charge on any atom is 0.433 e. The molecule has 0 atom stereocenters. The van der Waals surface area contributed by atoms with E-state index in [1.54, 1.807) is 45.3 Å². The number of esters is 1. The number of benzene rings is 1. The smallest absolute Gasteiger partial charge is 0.433 e. The summed E-state index contributed by atoms with van der Waals surface area (Å²) in [6.07, 6.45) is -3.30. The van der Waals surface area contributed by atoms with Crippen molar-refractivity contribution in [3.05, 3.63) is 70.0 Å². The van der Waals surface area contributed by atoms with E-state index >= 15 is 0 Å². The Morgan fingerprint density at radius 2 is 1.82 bits per heavy atom. The van der Waals surface area contributed by atoms with Crippen LogP contribution in [0.1, 0.15) is 27.4 Å². The molecule has 3 heterocycles. The topological polar surface area (TPSA) is 83.9 Å². The molecule has 0 aliphatic heterocycles. The van der Waals surface area contributed by atoms with Crippen LogP contribution in [-0.2, 0) is 25.0 Å². The number of halogens is 3. The molecule has 8 nitrogen and oxygen atoms in total. The van der Waals surface area contributed by atoms with E-state index in [1.807, 2.05) is 0 Å². The molecular formula is C23H20F3N5O3. The van der Waals surface area contributed by atoms with Crippen molar-refractivity contribution in [2.75, 3.05) is 7.11 Å². The molecule has 34 heavy (non-hydrogen) atoms. The van der Waals surface area contributed by atoms with Crippen molar-refractivity contribution >= 4 is 23.1 Å². The van der Waals surface area contributed by atoms with Gasteiger partial charge in [0.2, 0.25) is 0 Å². The van der Waals surface area contributed by atoms with E-state index in [-0.39, 0.29) is 22.3 Å². The molecule has 176 valence electrons. The largest absolute Gasteiger partial charge is 0.465 e. The first kappa shape index (κ1) is 23.0. The number of pyridine rings is 1. The predicted octanol–water partition coefficient (Wildman–Crippen LogP) is 3.88. The lowest BCUT2D eigenvalue weighted by molar-refractivity contribution is -0.141. The highest BCUT2D eigenvalue weighted by Gasteiger charge is 2.35. The van der Waals surface area contributed by atoms with Crippen molar-refractivity contribution in [1.82, 2.24) is 23.9 Å². The van der Waals surface area contributed by atoms with Crippen molar-refractivity contribution < 1.29 is 22.7 Å². The Labute approximate surface area is 191 Å². The quantitative estimate of drug-likeness (QED) is 0.422. The zero-order valence-corrected chi connectivity index (χ0v) is 18.8. The molecule has 0 N–H and O–H groups in total. The summed E-state index contributed by atoms with van der Waals surface area (Å²) in [6, 6.07) is 7.53. The Hall–Kier alpha value is -4.15. The van der Waals surface area contributed by atoms with Crippen LogP contribution in [0.5, 0.6) is 0 Å². The van der Waals surface area contributed by atoms with Gasteiger partial charge in [-0.2, -0.15) is 18.3 Å². The fraction of sp³-hybridized carbons (Fsp3) is 0.217. The third-order valence-corrected chi connectivity index (χ3v) is 5.56. The summed E-state index contributed by atoms with van der Waals surface area (Å²) in [4.78, 5) is 28.6. The average Bonchev–Trinajstić information content (AvgIpc) is 3.23. The Balaban J connectivity index is 1.98. The molecule has 0 aliphatic carbocycles. The van der Waals surface area contributed by atoms with E-state index < -0.39 is 17.8 Å². The second-order valence-corrected chi connectivity index (χ2v) is 7.60. The number of hydrogen-bond donors (Lipinski definition) is 0. The number of fused-ring (bicyclic) bond motifs is 1. The van der Waals surface area contributed by atoms with Gasteiger partial charge in [0, 0.05) is 25.0 Å². The van der Waals surface area contributed by atoms with Gasteiger partial charge in [-0.25, -0.2) is 23.8 Å². The van der Waals surface area contributed by atoms with E-state index in [0.29, 0.717) is 34.4 Å². The van der Waals surface area contributed by atoms with Crippen LogP contribution in [0, 0.1) is 6.92 Å². The minimum atomic E-state index is -4.76. The Kier molecular flexibility index (Phi) is 5.42. The summed E-state index contributed by atoms with van der Waals surface area (Å²) < 4.78 is 49.4. The fourth-order valence-electron chi connectivity index (χ4n) is 4.06. The normalized spacial score (nSPS) is 11.7. The second-order valence-electron chi connectivity index (χ2n) is 7.60. The monoisotopic (exact) mass is 471 g/mol. The number of hydrogen-bond acceptors (Lipinski definition) is 5. The molecule has 0 bridgehead atoms. The number of nitrogens with zero attached hydrogens (tertiary/aromatic N) is 5. The predicted molar refractivity (Wildman–Crippen MR) is 120 cm³/mol. The molecule has 0 unspecified atom stereocenters. The van der Waals surface area contributed by atoms with Crippen LogP contribution in [0.3, 0.4) is 0 Å². The molecule has 0 spiro atoms. The highest BCUT2D eigenvalue weighted by molar-refractivity contribution is 6.09. The van der Waals surface area contributed by atoms with Gasteiger partial charge in [-0.05, 0) is 30.7 Å². The van der Waals surface area contributed by atoms with Crippen LogP contribution in [0.25, 0.3) is 34.1 Å². The van der Waals surface area contributed by atoms with Gasteiger partial charge in [0.05, 0.1) is 24.1 Å². The van der Waals surface area contributed by atoms with Crippen LogP contribution >= 0.6 is 0 Å². The number of aromatic nitrogens is 5. The lowest BCUT2D eigenvalue weighted by Gasteiger charge is -2.10. The Morgan fingerprint density at radius 3 is 2.32 bits per heavy atom. The van der Waals surface area contributed by atoms with Crippen molar-refractivity contribution in [3.8, 4) is 16.9 Å². The zero-order valence-electron chi connectivity index (χ0n) is 18.8. The molecule has 0 aliphatic rings.